The number of carbonyl (C=O) groups excluding carboxylic acids is 1. The summed E-state index contributed by atoms with van der Waals surface area (Å²) in [5.74, 6) is -3.01. The molecule has 1 amide bonds. The number of carbonyl (C=O) groups is 2. The summed E-state index contributed by atoms with van der Waals surface area (Å²) in [6.45, 7) is 3.01. The molecule has 1 aromatic carbocycles. The number of amides is 1. The summed E-state index contributed by atoms with van der Waals surface area (Å²) in [6, 6.07) is 0.215. The van der Waals surface area contributed by atoms with Gasteiger partial charge in [0.1, 0.15) is 16.8 Å². The molecule has 0 spiro atoms. The van der Waals surface area contributed by atoms with Crippen LogP contribution in [0.2, 0.25) is 5.02 Å². The predicted molar refractivity (Wildman–Crippen MR) is 87.0 cm³/mol. The first-order valence-corrected chi connectivity index (χ1v) is 8.96. The lowest BCUT2D eigenvalue weighted by atomic mass is 10.1. The molecule has 134 valence electrons. The first kappa shape index (κ1) is 20.3. The van der Waals surface area contributed by atoms with Gasteiger partial charge in [-0.05, 0) is 12.5 Å². The summed E-state index contributed by atoms with van der Waals surface area (Å²) < 4.78 is 40.6. The van der Waals surface area contributed by atoms with E-state index in [1.165, 1.54) is 6.92 Å². The van der Waals surface area contributed by atoms with Crippen molar-refractivity contribution in [2.45, 2.75) is 44.0 Å². The molecule has 0 aliphatic rings. The van der Waals surface area contributed by atoms with Gasteiger partial charge in [0.05, 0.1) is 10.7 Å². The Bertz CT molecular complexity index is 739. The van der Waals surface area contributed by atoms with Crippen LogP contribution in [0.3, 0.4) is 0 Å². The second-order valence-electron chi connectivity index (χ2n) is 5.10. The maximum Gasteiger partial charge on any atom is 0.321 e. The first-order valence-electron chi connectivity index (χ1n) is 7.10. The van der Waals surface area contributed by atoms with E-state index in [-0.39, 0.29) is 17.1 Å². The summed E-state index contributed by atoms with van der Waals surface area (Å²) in [5, 5.41) is 11.2. The lowest BCUT2D eigenvalue weighted by molar-refractivity contribution is -0.139. The predicted octanol–water partition coefficient (Wildman–Crippen LogP) is 2.36. The number of halogens is 2. The van der Waals surface area contributed by atoms with Crippen molar-refractivity contribution in [3.8, 4) is 0 Å². The molecule has 0 aliphatic carbocycles. The van der Waals surface area contributed by atoms with Crippen molar-refractivity contribution in [3.05, 3.63) is 23.0 Å². The molecule has 3 N–H and O–H groups in total. The Morgan fingerprint density at radius 1 is 1.38 bits per heavy atom. The van der Waals surface area contributed by atoms with E-state index >= 15 is 0 Å². The van der Waals surface area contributed by atoms with E-state index in [0.29, 0.717) is 12.8 Å². The van der Waals surface area contributed by atoms with Crippen molar-refractivity contribution in [1.82, 2.24) is 4.72 Å². The number of carboxylic acid groups (broad SMARTS) is 1. The second kappa shape index (κ2) is 8.41. The number of hydrogen-bond acceptors (Lipinski definition) is 4. The van der Waals surface area contributed by atoms with Crippen LogP contribution in [0.1, 0.15) is 33.1 Å². The van der Waals surface area contributed by atoms with Crippen LogP contribution in [0.5, 0.6) is 0 Å². The lowest BCUT2D eigenvalue weighted by Gasteiger charge is -2.16. The summed E-state index contributed by atoms with van der Waals surface area (Å²) in [7, 11) is -4.44. The molecular weight excluding hydrogens is 363 g/mol. The van der Waals surface area contributed by atoms with Gasteiger partial charge in [-0.2, -0.15) is 4.72 Å². The molecule has 10 heteroatoms. The van der Waals surface area contributed by atoms with Crippen molar-refractivity contribution in [1.29, 1.82) is 0 Å². The van der Waals surface area contributed by atoms with Gasteiger partial charge in [-0.15, -0.1) is 0 Å². The highest BCUT2D eigenvalue weighted by atomic mass is 35.5. The minimum atomic E-state index is -4.44. The minimum absolute atomic E-state index is 0.0738. The van der Waals surface area contributed by atoms with Gasteiger partial charge in [0.25, 0.3) is 0 Å². The SMILES string of the molecule is CCCCC(NS(=O)(=O)c1cc(Cl)c(NC(C)=O)cc1F)C(=O)O. The van der Waals surface area contributed by atoms with Gasteiger partial charge in [0, 0.05) is 13.0 Å². The Kier molecular flexibility index (Phi) is 7.12. The quantitative estimate of drug-likeness (QED) is 0.640. The van der Waals surface area contributed by atoms with E-state index in [1.807, 2.05) is 11.6 Å². The van der Waals surface area contributed by atoms with Gasteiger partial charge in [-0.25, -0.2) is 12.8 Å². The number of sulfonamides is 1. The lowest BCUT2D eigenvalue weighted by Crippen LogP contribution is -2.41. The van der Waals surface area contributed by atoms with Gasteiger partial charge >= 0.3 is 5.97 Å². The highest BCUT2D eigenvalue weighted by Crippen LogP contribution is 2.28. The van der Waals surface area contributed by atoms with E-state index in [0.717, 1.165) is 12.1 Å². The molecule has 0 radical (unpaired) electrons. The van der Waals surface area contributed by atoms with Gasteiger partial charge in [0.2, 0.25) is 15.9 Å². The molecule has 0 aliphatic heterocycles. The fourth-order valence-corrected chi connectivity index (χ4v) is 3.50. The van der Waals surface area contributed by atoms with Gasteiger partial charge < -0.3 is 10.4 Å². The molecule has 0 saturated heterocycles. The van der Waals surface area contributed by atoms with E-state index < -0.39 is 38.7 Å². The maximum absolute atomic E-state index is 14.1. The van der Waals surface area contributed by atoms with Crippen molar-refractivity contribution < 1.29 is 27.5 Å². The minimum Gasteiger partial charge on any atom is -0.480 e. The van der Waals surface area contributed by atoms with Gasteiger partial charge in [-0.3, -0.25) is 9.59 Å². The monoisotopic (exact) mass is 380 g/mol. The Morgan fingerprint density at radius 3 is 2.50 bits per heavy atom. The molecule has 0 aromatic heterocycles. The zero-order valence-electron chi connectivity index (χ0n) is 13.1. The van der Waals surface area contributed by atoms with Crippen molar-refractivity contribution in [2.24, 2.45) is 0 Å². The normalized spacial score (nSPS) is 12.7. The molecule has 1 unspecified atom stereocenters. The fraction of sp³-hybridized carbons (Fsp3) is 0.429. The van der Waals surface area contributed by atoms with Crippen LogP contribution in [-0.2, 0) is 19.6 Å². The van der Waals surface area contributed by atoms with E-state index in [4.69, 9.17) is 16.7 Å². The average molecular weight is 381 g/mol. The number of benzene rings is 1. The van der Waals surface area contributed by atoms with Crippen LogP contribution < -0.4 is 10.0 Å². The Hall–Kier alpha value is -1.71. The van der Waals surface area contributed by atoms with E-state index in [1.54, 1.807) is 0 Å². The molecule has 0 saturated carbocycles. The molecule has 7 nitrogen and oxygen atoms in total. The van der Waals surface area contributed by atoms with Crippen molar-refractivity contribution >= 4 is 39.2 Å². The first-order chi connectivity index (χ1) is 11.1. The second-order valence-corrected chi connectivity index (χ2v) is 7.19. The highest BCUT2D eigenvalue weighted by Gasteiger charge is 2.28. The topological polar surface area (TPSA) is 113 Å². The molecule has 0 fully saturated rings. The third-order valence-corrected chi connectivity index (χ3v) is 4.86. The fourth-order valence-electron chi connectivity index (χ4n) is 1.91. The Balaban J connectivity index is 3.16. The molecule has 1 aromatic rings. The Morgan fingerprint density at radius 2 is 2.00 bits per heavy atom. The summed E-state index contributed by atoms with van der Waals surface area (Å²) in [4.78, 5) is 21.4. The molecule has 0 bridgehead atoms. The van der Waals surface area contributed by atoms with E-state index in [9.17, 15) is 22.4 Å². The molecule has 0 heterocycles. The third-order valence-electron chi connectivity index (χ3n) is 3.06. The number of unbranched alkanes of at least 4 members (excludes halogenated alkanes) is 1. The van der Waals surface area contributed by atoms with E-state index in [2.05, 4.69) is 5.32 Å². The van der Waals surface area contributed by atoms with Crippen molar-refractivity contribution in [2.75, 3.05) is 5.32 Å². The van der Waals surface area contributed by atoms with Gasteiger partial charge in [0.15, 0.2) is 0 Å². The molecule has 1 rings (SSSR count). The van der Waals surface area contributed by atoms with Crippen LogP contribution in [0.4, 0.5) is 10.1 Å². The zero-order valence-corrected chi connectivity index (χ0v) is 14.7. The smallest absolute Gasteiger partial charge is 0.321 e. The van der Waals surface area contributed by atoms with Crippen LogP contribution in [0.15, 0.2) is 17.0 Å². The van der Waals surface area contributed by atoms with Gasteiger partial charge in [-0.1, -0.05) is 31.4 Å². The summed E-state index contributed by atoms with van der Waals surface area (Å²) >= 11 is 5.84. The van der Waals surface area contributed by atoms with Crippen molar-refractivity contribution in [3.63, 3.8) is 0 Å². The number of carboxylic acids is 1. The zero-order chi connectivity index (χ0) is 18.5. The summed E-state index contributed by atoms with van der Waals surface area (Å²) in [5.41, 5.74) is -0.0821. The molecule has 1 atom stereocenters. The number of rotatable bonds is 8. The van der Waals surface area contributed by atoms with Crippen LogP contribution in [0.25, 0.3) is 0 Å². The molecule has 24 heavy (non-hydrogen) atoms. The third kappa shape index (κ3) is 5.43. The molecular formula is C14H18ClFN2O5S. The highest BCUT2D eigenvalue weighted by molar-refractivity contribution is 7.89. The average Bonchev–Trinajstić information content (AvgIpc) is 2.45. The summed E-state index contributed by atoms with van der Waals surface area (Å²) in [6.07, 6.45) is 1.24. The largest absolute Gasteiger partial charge is 0.480 e. The van der Waals surface area contributed by atoms with Crippen LogP contribution in [-0.4, -0.2) is 31.4 Å². The van der Waals surface area contributed by atoms with Crippen LogP contribution >= 0.6 is 11.6 Å². The maximum atomic E-state index is 14.1. The number of aliphatic carboxylic acids is 1. The number of nitrogens with one attached hydrogen (secondary N) is 2. The number of hydrogen-bond donors (Lipinski definition) is 3. The number of anilines is 1. The Labute approximate surface area is 144 Å². The van der Waals surface area contributed by atoms with Crippen LogP contribution in [0, 0.1) is 5.82 Å². The standard InChI is InChI=1S/C14H18ClFN2O5S/c1-3-4-5-11(14(20)21)18-24(22,23)13-6-9(15)12(7-10(13)16)17-8(2)19/h6-7,11,18H,3-5H2,1-2H3,(H,17,19)(H,20,21).